The molecule has 0 heterocycles. The van der Waals surface area contributed by atoms with E-state index in [1.807, 2.05) is 12.1 Å². The van der Waals surface area contributed by atoms with Crippen molar-refractivity contribution in [3.63, 3.8) is 0 Å². The molecule has 1 aliphatic rings. The van der Waals surface area contributed by atoms with Gasteiger partial charge >= 0.3 is 0 Å². The number of halogens is 2. The largest absolute Gasteiger partial charge is 0.342 e. The number of benzene rings is 1. The zero-order valence-corrected chi connectivity index (χ0v) is 17.5. The van der Waals surface area contributed by atoms with Gasteiger partial charge in [0.2, 0.25) is 0 Å². The van der Waals surface area contributed by atoms with E-state index in [4.69, 9.17) is 33.9 Å². The molecule has 5 nitrogen and oxygen atoms in total. The number of anilines is 1. The zero-order chi connectivity index (χ0) is 19.1. The number of nitrogens with one attached hydrogen (secondary N) is 1. The summed E-state index contributed by atoms with van der Waals surface area (Å²) in [7, 11) is 4.15. The molecule has 7 heteroatoms. The van der Waals surface area contributed by atoms with E-state index in [1.54, 1.807) is 6.07 Å². The molecule has 1 aromatic rings. The van der Waals surface area contributed by atoms with Crippen LogP contribution in [0.1, 0.15) is 32.6 Å². The molecule has 0 amide bonds. The van der Waals surface area contributed by atoms with Gasteiger partial charge in [-0.15, -0.1) is 0 Å². The molecule has 1 aliphatic carbocycles. The molecule has 1 fully saturated rings. The Labute approximate surface area is 167 Å². The normalized spacial score (nSPS) is 21.1. The first-order valence-corrected chi connectivity index (χ1v) is 10.1. The molecule has 2 rings (SSSR count). The number of nitrogens with two attached hydrogens (primary N) is 1. The van der Waals surface area contributed by atoms with Crippen molar-refractivity contribution >= 4 is 34.8 Å². The van der Waals surface area contributed by atoms with E-state index in [1.165, 1.54) is 12.8 Å². The van der Waals surface area contributed by atoms with E-state index >= 15 is 0 Å². The van der Waals surface area contributed by atoms with Crippen molar-refractivity contribution in [3.05, 3.63) is 28.2 Å². The van der Waals surface area contributed by atoms with Crippen LogP contribution in [0.4, 0.5) is 5.69 Å². The van der Waals surface area contributed by atoms with Crippen LogP contribution in [0.15, 0.2) is 23.2 Å². The molecule has 0 aliphatic heterocycles. The highest BCUT2D eigenvalue weighted by molar-refractivity contribution is 6.36. The molecule has 0 bridgehead atoms. The number of hydrogen-bond acceptors (Lipinski definition) is 3. The lowest BCUT2D eigenvalue weighted by atomic mass is 9.91. The van der Waals surface area contributed by atoms with Crippen LogP contribution in [0.2, 0.25) is 10.0 Å². The van der Waals surface area contributed by atoms with Gasteiger partial charge in [0, 0.05) is 30.7 Å². The van der Waals surface area contributed by atoms with Crippen LogP contribution in [-0.4, -0.2) is 61.6 Å². The summed E-state index contributed by atoms with van der Waals surface area (Å²) < 4.78 is 0. The second-order valence-electron chi connectivity index (χ2n) is 7.10. The summed E-state index contributed by atoms with van der Waals surface area (Å²) in [5.74, 6) is 0.834. The van der Waals surface area contributed by atoms with Crippen molar-refractivity contribution in [1.82, 2.24) is 9.80 Å². The Morgan fingerprint density at radius 2 is 1.96 bits per heavy atom. The molecule has 1 saturated carbocycles. The monoisotopic (exact) mass is 399 g/mol. The molecule has 26 heavy (non-hydrogen) atoms. The van der Waals surface area contributed by atoms with Crippen molar-refractivity contribution in [2.75, 3.05) is 39.0 Å². The van der Waals surface area contributed by atoms with E-state index < -0.39 is 0 Å². The summed E-state index contributed by atoms with van der Waals surface area (Å²) in [6.07, 6.45) is 4.44. The summed E-state index contributed by atoms with van der Waals surface area (Å²) in [5.41, 5.74) is 7.14. The molecule has 0 aromatic heterocycles. The topological polar surface area (TPSA) is 56.9 Å². The van der Waals surface area contributed by atoms with Crippen LogP contribution in [-0.2, 0) is 0 Å². The van der Waals surface area contributed by atoms with Gasteiger partial charge in [0.1, 0.15) is 0 Å². The van der Waals surface area contributed by atoms with E-state index in [2.05, 4.69) is 36.1 Å². The van der Waals surface area contributed by atoms with Crippen LogP contribution in [0.25, 0.3) is 0 Å². The molecule has 3 N–H and O–H groups in total. The van der Waals surface area contributed by atoms with Crippen molar-refractivity contribution in [3.8, 4) is 0 Å². The van der Waals surface area contributed by atoms with Crippen molar-refractivity contribution in [1.29, 1.82) is 0 Å². The van der Waals surface area contributed by atoms with Gasteiger partial charge in [-0.2, -0.15) is 0 Å². The number of guanidine groups is 1. The van der Waals surface area contributed by atoms with E-state index in [-0.39, 0.29) is 12.1 Å². The third-order valence-corrected chi connectivity index (χ3v) is 5.29. The average Bonchev–Trinajstić information content (AvgIpc) is 2.59. The van der Waals surface area contributed by atoms with Crippen LogP contribution in [0.3, 0.4) is 0 Å². The van der Waals surface area contributed by atoms with Crippen molar-refractivity contribution in [2.45, 2.75) is 44.7 Å². The summed E-state index contributed by atoms with van der Waals surface area (Å²) >= 11 is 12.4. The Morgan fingerprint density at radius 1 is 1.23 bits per heavy atom. The van der Waals surface area contributed by atoms with E-state index in [0.717, 1.165) is 44.1 Å². The molecule has 0 unspecified atom stereocenters. The quantitative estimate of drug-likeness (QED) is 0.562. The standard InChI is InChI=1S/C19H31Cl2N5/c1-4-26(12-11-25(2)3)19(24-18-8-6-5-7-16(18)22)23-17-10-9-14(20)13-15(17)21/h9-10,13,16,18H,4-8,11-12,22H2,1-3H3,(H,23,24)/t16-,18-/m0/s1. The average molecular weight is 400 g/mol. The molecule has 2 atom stereocenters. The number of rotatable bonds is 6. The maximum Gasteiger partial charge on any atom is 0.198 e. The van der Waals surface area contributed by atoms with Crippen molar-refractivity contribution < 1.29 is 0 Å². The Kier molecular flexibility index (Phi) is 8.48. The lowest BCUT2D eigenvalue weighted by molar-refractivity contribution is 0.331. The fourth-order valence-corrected chi connectivity index (χ4v) is 3.55. The minimum atomic E-state index is 0.119. The predicted octanol–water partition coefficient (Wildman–Crippen LogP) is 3.91. The molecule has 1 aromatic carbocycles. The number of aliphatic imine (C=N–C) groups is 1. The minimum absolute atomic E-state index is 0.119. The maximum absolute atomic E-state index is 6.37. The first-order chi connectivity index (χ1) is 12.4. The first kappa shape index (κ1) is 21.3. The van der Waals surface area contributed by atoms with Crippen molar-refractivity contribution in [2.24, 2.45) is 10.7 Å². The molecule has 0 radical (unpaired) electrons. The van der Waals surface area contributed by atoms with Gasteiger partial charge in [-0.05, 0) is 52.1 Å². The number of nitrogens with zero attached hydrogens (tertiary/aromatic N) is 3. The third-order valence-electron chi connectivity index (χ3n) is 4.75. The fourth-order valence-electron chi connectivity index (χ4n) is 3.10. The number of likely N-dealkylation sites (N-methyl/N-ethyl adjacent to an activating group) is 2. The van der Waals surface area contributed by atoms with Crippen LogP contribution >= 0.6 is 23.2 Å². The minimum Gasteiger partial charge on any atom is -0.342 e. The Morgan fingerprint density at radius 3 is 2.58 bits per heavy atom. The van der Waals surface area contributed by atoms with Gasteiger partial charge < -0.3 is 20.9 Å². The van der Waals surface area contributed by atoms with Gasteiger partial charge in [0.25, 0.3) is 0 Å². The summed E-state index contributed by atoms with van der Waals surface area (Å²) in [6.45, 7) is 4.81. The molecule has 0 spiro atoms. The fraction of sp³-hybridized carbons (Fsp3) is 0.632. The second-order valence-corrected chi connectivity index (χ2v) is 7.94. The third kappa shape index (κ3) is 6.31. The SMILES string of the molecule is CCN(CCN(C)C)C(=N[C@H]1CCCC[C@@H]1N)Nc1ccc(Cl)cc1Cl. The Bertz CT molecular complexity index is 606. The first-order valence-electron chi connectivity index (χ1n) is 9.35. The van der Waals surface area contributed by atoms with Crippen LogP contribution in [0.5, 0.6) is 0 Å². The van der Waals surface area contributed by atoms with E-state index in [9.17, 15) is 0 Å². The predicted molar refractivity (Wildman–Crippen MR) is 114 cm³/mol. The molecule has 0 saturated heterocycles. The summed E-state index contributed by atoms with van der Waals surface area (Å²) in [6, 6.07) is 5.72. The van der Waals surface area contributed by atoms with Gasteiger partial charge in [-0.25, -0.2) is 4.99 Å². The smallest absolute Gasteiger partial charge is 0.198 e. The molecular weight excluding hydrogens is 369 g/mol. The number of hydrogen-bond donors (Lipinski definition) is 2. The lowest BCUT2D eigenvalue weighted by Gasteiger charge is -2.31. The summed E-state index contributed by atoms with van der Waals surface area (Å²) in [4.78, 5) is 9.43. The van der Waals surface area contributed by atoms with E-state index in [0.29, 0.717) is 10.0 Å². The zero-order valence-electron chi connectivity index (χ0n) is 16.0. The Balaban J connectivity index is 2.26. The van der Waals surface area contributed by atoms with Crippen LogP contribution in [0, 0.1) is 0 Å². The highest BCUT2D eigenvalue weighted by atomic mass is 35.5. The highest BCUT2D eigenvalue weighted by Gasteiger charge is 2.23. The Hall–Kier alpha value is -1.01. The van der Waals surface area contributed by atoms with Gasteiger partial charge in [-0.3, -0.25) is 0 Å². The van der Waals surface area contributed by atoms with Gasteiger partial charge in [0.15, 0.2) is 5.96 Å². The van der Waals surface area contributed by atoms with Gasteiger partial charge in [-0.1, -0.05) is 36.0 Å². The second kappa shape index (κ2) is 10.4. The van der Waals surface area contributed by atoms with Crippen LogP contribution < -0.4 is 11.1 Å². The summed E-state index contributed by atoms with van der Waals surface area (Å²) in [5, 5.41) is 4.63. The lowest BCUT2D eigenvalue weighted by Crippen LogP contribution is -2.44. The molecule has 146 valence electrons. The maximum atomic E-state index is 6.37. The highest BCUT2D eigenvalue weighted by Crippen LogP contribution is 2.26. The molecular formula is C19H31Cl2N5. The van der Waals surface area contributed by atoms with Gasteiger partial charge in [0.05, 0.1) is 16.8 Å².